The molecule has 0 aliphatic heterocycles. The molecule has 3 aromatic rings. The van der Waals surface area contributed by atoms with Gasteiger partial charge in [-0.15, -0.1) is 10.2 Å². The molecule has 0 N–H and O–H groups in total. The highest BCUT2D eigenvalue weighted by molar-refractivity contribution is 8.00. The van der Waals surface area contributed by atoms with Crippen molar-refractivity contribution in [1.29, 1.82) is 0 Å². The first-order valence-electron chi connectivity index (χ1n) is 7.09. The van der Waals surface area contributed by atoms with E-state index in [1.807, 2.05) is 30.3 Å². The summed E-state index contributed by atoms with van der Waals surface area (Å²) in [7, 11) is 0. The summed E-state index contributed by atoms with van der Waals surface area (Å²) in [5.41, 5.74) is 0.463. The molecule has 2 aromatic carbocycles. The van der Waals surface area contributed by atoms with Crippen molar-refractivity contribution in [2.24, 2.45) is 0 Å². The maximum Gasteiger partial charge on any atom is 0.277 e. The molecule has 4 nitrogen and oxygen atoms in total. The van der Waals surface area contributed by atoms with E-state index in [-0.39, 0.29) is 10.8 Å². The summed E-state index contributed by atoms with van der Waals surface area (Å²) >= 11 is 0.998. The lowest BCUT2D eigenvalue weighted by Crippen LogP contribution is -2.15. The van der Waals surface area contributed by atoms with Crippen LogP contribution in [0.1, 0.15) is 17.3 Å². The lowest BCUT2D eigenvalue weighted by molar-refractivity contribution is 0.0989. The Kier molecular flexibility index (Phi) is 4.71. The van der Waals surface area contributed by atoms with E-state index in [1.54, 1.807) is 6.92 Å². The second-order valence-electron chi connectivity index (χ2n) is 4.99. The quantitative estimate of drug-likeness (QED) is 0.507. The SMILES string of the molecule is CC(Sc1nnc(-c2ccccc2)o1)C(=O)c1cc(F)ccc1F. The van der Waals surface area contributed by atoms with E-state index in [2.05, 4.69) is 10.2 Å². The predicted octanol–water partition coefficient (Wildman–Crippen LogP) is 4.38. The fraction of sp³-hybridized carbons (Fsp3) is 0.118. The standard InChI is InChI=1S/C17H12F2N2O2S/c1-10(15(22)13-9-12(18)7-8-14(13)19)24-17-21-20-16(23-17)11-5-3-2-4-6-11/h2-10H,1H3. The number of thioether (sulfide) groups is 1. The van der Waals surface area contributed by atoms with Gasteiger partial charge in [-0.25, -0.2) is 8.78 Å². The Morgan fingerprint density at radius 1 is 1.12 bits per heavy atom. The molecular formula is C17H12F2N2O2S. The van der Waals surface area contributed by atoms with Crippen molar-refractivity contribution in [3.05, 3.63) is 65.7 Å². The van der Waals surface area contributed by atoms with Crippen LogP contribution in [0.2, 0.25) is 0 Å². The number of rotatable bonds is 5. The highest BCUT2D eigenvalue weighted by Crippen LogP contribution is 2.28. The molecular weight excluding hydrogens is 334 g/mol. The summed E-state index contributed by atoms with van der Waals surface area (Å²) in [6.45, 7) is 1.57. The lowest BCUT2D eigenvalue weighted by atomic mass is 10.1. The molecule has 24 heavy (non-hydrogen) atoms. The number of hydrogen-bond acceptors (Lipinski definition) is 5. The van der Waals surface area contributed by atoms with Gasteiger partial charge in [0.1, 0.15) is 11.6 Å². The van der Waals surface area contributed by atoms with Crippen molar-refractivity contribution in [3.8, 4) is 11.5 Å². The first kappa shape index (κ1) is 16.3. The van der Waals surface area contributed by atoms with E-state index in [0.717, 1.165) is 35.5 Å². The largest absolute Gasteiger partial charge is 0.411 e. The molecule has 0 amide bonds. The van der Waals surface area contributed by atoms with Crippen LogP contribution in [0.5, 0.6) is 0 Å². The Morgan fingerprint density at radius 2 is 1.88 bits per heavy atom. The molecule has 0 aliphatic rings. The van der Waals surface area contributed by atoms with Gasteiger partial charge in [0, 0.05) is 5.56 Å². The number of carbonyl (C=O) groups is 1. The van der Waals surface area contributed by atoms with Gasteiger partial charge in [-0.05, 0) is 37.3 Å². The molecule has 3 rings (SSSR count). The van der Waals surface area contributed by atoms with E-state index in [9.17, 15) is 13.6 Å². The molecule has 0 fully saturated rings. The summed E-state index contributed by atoms with van der Waals surface area (Å²) in [4.78, 5) is 12.3. The van der Waals surface area contributed by atoms with Gasteiger partial charge in [-0.3, -0.25) is 4.79 Å². The fourth-order valence-electron chi connectivity index (χ4n) is 2.06. The highest BCUT2D eigenvalue weighted by Gasteiger charge is 2.23. The lowest BCUT2D eigenvalue weighted by Gasteiger charge is -2.08. The third-order valence-corrected chi connectivity index (χ3v) is 4.20. The van der Waals surface area contributed by atoms with Crippen LogP contribution in [-0.4, -0.2) is 21.2 Å². The molecule has 1 heterocycles. The monoisotopic (exact) mass is 346 g/mol. The van der Waals surface area contributed by atoms with Crippen molar-refractivity contribution >= 4 is 17.5 Å². The van der Waals surface area contributed by atoms with Crippen molar-refractivity contribution in [2.75, 3.05) is 0 Å². The number of aromatic nitrogens is 2. The molecule has 1 unspecified atom stereocenters. The Balaban J connectivity index is 1.75. The Morgan fingerprint density at radius 3 is 2.62 bits per heavy atom. The summed E-state index contributed by atoms with van der Waals surface area (Å²) < 4.78 is 32.4. The molecule has 0 spiro atoms. The molecule has 1 atom stereocenters. The van der Waals surface area contributed by atoms with Crippen LogP contribution in [0.15, 0.2) is 58.2 Å². The molecule has 7 heteroatoms. The second kappa shape index (κ2) is 6.92. The van der Waals surface area contributed by atoms with E-state index in [0.29, 0.717) is 5.89 Å². The minimum Gasteiger partial charge on any atom is -0.411 e. The zero-order valence-corrected chi connectivity index (χ0v) is 13.4. The zero-order valence-electron chi connectivity index (χ0n) is 12.6. The number of halogens is 2. The van der Waals surface area contributed by atoms with Gasteiger partial charge in [0.2, 0.25) is 5.89 Å². The van der Waals surface area contributed by atoms with Crippen LogP contribution in [0.25, 0.3) is 11.5 Å². The van der Waals surface area contributed by atoms with Crippen molar-refractivity contribution in [2.45, 2.75) is 17.4 Å². The number of nitrogens with zero attached hydrogens (tertiary/aromatic N) is 2. The Labute approximate surface area is 140 Å². The predicted molar refractivity (Wildman–Crippen MR) is 85.7 cm³/mol. The third kappa shape index (κ3) is 3.51. The normalized spacial score (nSPS) is 12.1. The summed E-state index contributed by atoms with van der Waals surface area (Å²) in [5, 5.41) is 7.28. The summed E-state index contributed by atoms with van der Waals surface area (Å²) in [6, 6.07) is 12.0. The van der Waals surface area contributed by atoms with Gasteiger partial charge < -0.3 is 4.42 Å². The summed E-state index contributed by atoms with van der Waals surface area (Å²) in [5.74, 6) is -1.64. The third-order valence-electron chi connectivity index (χ3n) is 3.27. The number of hydrogen-bond donors (Lipinski definition) is 0. The molecule has 1 aromatic heterocycles. The highest BCUT2D eigenvalue weighted by atomic mass is 32.2. The molecule has 0 saturated carbocycles. The molecule has 0 aliphatic carbocycles. The van der Waals surface area contributed by atoms with Crippen molar-refractivity contribution in [3.63, 3.8) is 0 Å². The van der Waals surface area contributed by atoms with Gasteiger partial charge in [0.05, 0.1) is 10.8 Å². The van der Waals surface area contributed by atoms with E-state index >= 15 is 0 Å². The average molecular weight is 346 g/mol. The average Bonchev–Trinajstić information content (AvgIpc) is 3.05. The minimum absolute atomic E-state index is 0.187. The number of Topliss-reactive ketones (excluding diaryl/α,β-unsaturated/α-hetero) is 1. The van der Waals surface area contributed by atoms with Crippen LogP contribution in [-0.2, 0) is 0 Å². The van der Waals surface area contributed by atoms with E-state index in [4.69, 9.17) is 4.42 Å². The second-order valence-corrected chi connectivity index (χ2v) is 6.28. The Bertz CT molecular complexity index is 868. The van der Waals surface area contributed by atoms with Crippen LogP contribution < -0.4 is 0 Å². The van der Waals surface area contributed by atoms with E-state index < -0.39 is 22.7 Å². The number of carbonyl (C=O) groups excluding carboxylic acids is 1. The molecule has 0 radical (unpaired) electrons. The van der Waals surface area contributed by atoms with Gasteiger partial charge in [-0.1, -0.05) is 30.0 Å². The van der Waals surface area contributed by atoms with Crippen molar-refractivity contribution in [1.82, 2.24) is 10.2 Å². The van der Waals surface area contributed by atoms with Gasteiger partial charge in [0.15, 0.2) is 5.78 Å². The first-order valence-corrected chi connectivity index (χ1v) is 7.97. The van der Waals surface area contributed by atoms with Gasteiger partial charge in [-0.2, -0.15) is 0 Å². The summed E-state index contributed by atoms with van der Waals surface area (Å²) in [6.07, 6.45) is 0. The topological polar surface area (TPSA) is 56.0 Å². The van der Waals surface area contributed by atoms with Crippen LogP contribution >= 0.6 is 11.8 Å². The maximum atomic E-state index is 13.7. The minimum atomic E-state index is -0.760. The Hall–Kier alpha value is -2.54. The van der Waals surface area contributed by atoms with E-state index in [1.165, 1.54) is 0 Å². The zero-order chi connectivity index (χ0) is 17.1. The van der Waals surface area contributed by atoms with Crippen LogP contribution in [0.3, 0.4) is 0 Å². The first-order chi connectivity index (χ1) is 11.5. The molecule has 0 bridgehead atoms. The smallest absolute Gasteiger partial charge is 0.277 e. The van der Waals surface area contributed by atoms with Crippen LogP contribution in [0, 0.1) is 11.6 Å². The van der Waals surface area contributed by atoms with Crippen LogP contribution in [0.4, 0.5) is 8.78 Å². The molecule has 0 saturated heterocycles. The maximum absolute atomic E-state index is 13.7. The van der Waals surface area contributed by atoms with Crippen molar-refractivity contribution < 1.29 is 18.0 Å². The number of benzene rings is 2. The van der Waals surface area contributed by atoms with Gasteiger partial charge >= 0.3 is 0 Å². The molecule has 122 valence electrons. The number of ketones is 1. The van der Waals surface area contributed by atoms with Gasteiger partial charge in [0.25, 0.3) is 5.22 Å². The fourth-order valence-corrected chi connectivity index (χ4v) is 2.82.